The summed E-state index contributed by atoms with van der Waals surface area (Å²) in [5.41, 5.74) is 2.94. The van der Waals surface area contributed by atoms with Gasteiger partial charge in [0.15, 0.2) is 23.0 Å². The third-order valence-corrected chi connectivity index (χ3v) is 4.66. The Morgan fingerprint density at radius 1 is 1.32 bits per heavy atom. The molecule has 0 fully saturated rings. The van der Waals surface area contributed by atoms with E-state index >= 15 is 0 Å². The second-order valence-corrected chi connectivity index (χ2v) is 7.91. The molecule has 0 spiro atoms. The molecule has 164 valence electrons. The van der Waals surface area contributed by atoms with Crippen LogP contribution in [0.1, 0.15) is 31.9 Å². The fraction of sp³-hybridized carbons (Fsp3) is 0.333. The van der Waals surface area contributed by atoms with E-state index in [1.54, 1.807) is 6.07 Å². The Labute approximate surface area is 178 Å². The number of fused-ring (bicyclic) bond motifs is 1. The number of benzene rings is 2. The Morgan fingerprint density at radius 2 is 2.06 bits per heavy atom. The van der Waals surface area contributed by atoms with Gasteiger partial charge < -0.3 is 19.3 Å². The topological polar surface area (TPSA) is 133 Å². The molecule has 0 radical (unpaired) electrons. The molecular weight excluding hydrogens is 406 g/mol. The van der Waals surface area contributed by atoms with E-state index < -0.39 is 16.9 Å². The average molecular weight is 429 g/mol. The van der Waals surface area contributed by atoms with Crippen molar-refractivity contribution in [3.63, 3.8) is 0 Å². The van der Waals surface area contributed by atoms with Gasteiger partial charge in [0.2, 0.25) is 6.10 Å². The second kappa shape index (κ2) is 8.50. The van der Waals surface area contributed by atoms with Crippen LogP contribution in [0.4, 0.5) is 5.69 Å². The van der Waals surface area contributed by atoms with E-state index in [2.05, 4.69) is 31.3 Å². The minimum atomic E-state index is -0.937. The predicted octanol–water partition coefficient (Wildman–Crippen LogP) is 2.90. The quantitative estimate of drug-likeness (QED) is 0.424. The number of nitrogens with zero attached hydrogens (tertiary/aromatic N) is 2. The molecule has 10 nitrogen and oxygen atoms in total. The standard InChI is InChI=1S/C21H23N3O7/c1-21(2,3)13-5-6-15-16(8-13)31-18(11-30-15)20(26)23-22-10-12-7-14(24(27)28)9-17(29-4)19(12)25/h5-10,18,25H,11H2,1-4H3,(H,23,26)/b22-10+/t18-/m0/s1. The molecule has 0 unspecified atom stereocenters. The summed E-state index contributed by atoms with van der Waals surface area (Å²) in [6.07, 6.45) is 0.145. The summed E-state index contributed by atoms with van der Waals surface area (Å²) in [5.74, 6) is 0.0159. The van der Waals surface area contributed by atoms with Gasteiger partial charge >= 0.3 is 0 Å². The first-order chi connectivity index (χ1) is 14.6. The zero-order valence-corrected chi connectivity index (χ0v) is 17.5. The van der Waals surface area contributed by atoms with Gasteiger partial charge in [0.1, 0.15) is 6.61 Å². The van der Waals surface area contributed by atoms with Crippen LogP contribution in [0, 0.1) is 10.1 Å². The van der Waals surface area contributed by atoms with E-state index in [0.717, 1.165) is 23.9 Å². The molecule has 31 heavy (non-hydrogen) atoms. The van der Waals surface area contributed by atoms with Gasteiger partial charge in [-0.1, -0.05) is 26.8 Å². The predicted molar refractivity (Wildman–Crippen MR) is 112 cm³/mol. The third kappa shape index (κ3) is 4.85. The number of methoxy groups -OCH3 is 1. The molecule has 3 rings (SSSR count). The number of nitrogens with one attached hydrogen (secondary N) is 1. The van der Waals surface area contributed by atoms with Crippen LogP contribution in [0.3, 0.4) is 0 Å². The number of nitro groups is 1. The van der Waals surface area contributed by atoms with Crippen molar-refractivity contribution in [1.29, 1.82) is 0 Å². The highest BCUT2D eigenvalue weighted by molar-refractivity contribution is 5.88. The van der Waals surface area contributed by atoms with Crippen molar-refractivity contribution in [2.75, 3.05) is 13.7 Å². The number of aromatic hydroxyl groups is 1. The number of hydrazone groups is 1. The lowest BCUT2D eigenvalue weighted by atomic mass is 9.87. The van der Waals surface area contributed by atoms with Crippen LogP contribution < -0.4 is 19.6 Å². The maximum absolute atomic E-state index is 12.4. The molecule has 1 atom stereocenters. The normalized spacial score (nSPS) is 15.5. The van der Waals surface area contributed by atoms with Gasteiger partial charge in [0.05, 0.1) is 24.3 Å². The molecule has 0 saturated carbocycles. The molecule has 10 heteroatoms. The number of carbonyl (C=O) groups excluding carboxylic acids is 1. The smallest absolute Gasteiger partial charge is 0.284 e. The Kier molecular flexibility index (Phi) is 6.00. The first-order valence-corrected chi connectivity index (χ1v) is 9.42. The van der Waals surface area contributed by atoms with Crippen molar-refractivity contribution in [3.05, 3.63) is 51.6 Å². The Bertz CT molecular complexity index is 1040. The highest BCUT2D eigenvalue weighted by Crippen LogP contribution is 2.36. The van der Waals surface area contributed by atoms with Crippen molar-refractivity contribution in [2.24, 2.45) is 5.10 Å². The van der Waals surface area contributed by atoms with Crippen molar-refractivity contribution in [3.8, 4) is 23.0 Å². The molecule has 0 aliphatic carbocycles. The molecule has 0 bridgehead atoms. The largest absolute Gasteiger partial charge is 0.504 e. The van der Waals surface area contributed by atoms with Crippen molar-refractivity contribution in [1.82, 2.24) is 5.43 Å². The minimum absolute atomic E-state index is 0.000893. The molecule has 2 N–H and O–H groups in total. The van der Waals surface area contributed by atoms with Crippen LogP contribution in [-0.4, -0.2) is 42.0 Å². The summed E-state index contributed by atoms with van der Waals surface area (Å²) in [7, 11) is 1.27. The van der Waals surface area contributed by atoms with Crippen LogP contribution in [0.2, 0.25) is 0 Å². The van der Waals surface area contributed by atoms with Crippen LogP contribution in [-0.2, 0) is 10.2 Å². The molecule has 0 saturated heterocycles. The molecule has 0 aromatic heterocycles. The van der Waals surface area contributed by atoms with Gasteiger partial charge in [-0.2, -0.15) is 5.10 Å². The average Bonchev–Trinajstić information content (AvgIpc) is 2.73. The SMILES string of the molecule is COc1cc([N+](=O)[O-])cc(/C=N/NC(=O)[C@@H]2COc3ccc(C(C)(C)C)cc3O2)c1O. The van der Waals surface area contributed by atoms with Gasteiger partial charge in [0, 0.05) is 11.6 Å². The number of nitro benzene ring substituents is 1. The number of phenols is 1. The first-order valence-electron chi connectivity index (χ1n) is 9.42. The molecular formula is C21H23N3O7. The van der Waals surface area contributed by atoms with Gasteiger partial charge in [-0.15, -0.1) is 0 Å². The maximum atomic E-state index is 12.4. The fourth-order valence-electron chi connectivity index (χ4n) is 2.88. The van der Waals surface area contributed by atoms with E-state index in [1.807, 2.05) is 12.1 Å². The Balaban J connectivity index is 1.72. The van der Waals surface area contributed by atoms with Crippen molar-refractivity contribution < 1.29 is 29.0 Å². The third-order valence-electron chi connectivity index (χ3n) is 4.66. The van der Waals surface area contributed by atoms with Gasteiger partial charge in [-0.25, -0.2) is 5.43 Å². The van der Waals surface area contributed by atoms with Crippen molar-refractivity contribution >= 4 is 17.8 Å². The molecule has 2 aromatic carbocycles. The lowest BCUT2D eigenvalue weighted by Gasteiger charge is -2.27. The molecule has 2 aromatic rings. The summed E-state index contributed by atoms with van der Waals surface area (Å²) in [6.45, 7) is 6.19. The molecule has 1 aliphatic heterocycles. The van der Waals surface area contributed by atoms with Gasteiger partial charge in [0.25, 0.3) is 11.6 Å². The number of rotatable bonds is 5. The number of hydrogen-bond acceptors (Lipinski definition) is 8. The summed E-state index contributed by atoms with van der Waals surface area (Å²) in [6, 6.07) is 7.79. The van der Waals surface area contributed by atoms with E-state index in [0.29, 0.717) is 11.5 Å². The Morgan fingerprint density at radius 3 is 2.71 bits per heavy atom. The van der Waals surface area contributed by atoms with Crippen LogP contribution in [0.15, 0.2) is 35.4 Å². The number of amides is 1. The number of ether oxygens (including phenoxy) is 3. The van der Waals surface area contributed by atoms with Gasteiger partial charge in [-0.05, 0) is 23.1 Å². The number of carbonyl (C=O) groups is 1. The van der Waals surface area contributed by atoms with Crippen LogP contribution in [0.25, 0.3) is 0 Å². The highest BCUT2D eigenvalue weighted by atomic mass is 16.6. The second-order valence-electron chi connectivity index (χ2n) is 7.91. The summed E-state index contributed by atoms with van der Waals surface area (Å²) in [4.78, 5) is 22.8. The van der Waals surface area contributed by atoms with E-state index in [1.165, 1.54) is 7.11 Å². The number of phenolic OH excluding ortho intramolecular Hbond substituents is 1. The van der Waals surface area contributed by atoms with Crippen molar-refractivity contribution in [2.45, 2.75) is 32.3 Å². The van der Waals surface area contributed by atoms with E-state index in [4.69, 9.17) is 14.2 Å². The van der Waals surface area contributed by atoms with Crippen LogP contribution in [0.5, 0.6) is 23.0 Å². The molecule has 1 amide bonds. The molecule has 1 heterocycles. The zero-order valence-electron chi connectivity index (χ0n) is 17.5. The number of non-ortho nitro benzene ring substituents is 1. The van der Waals surface area contributed by atoms with Crippen LogP contribution >= 0.6 is 0 Å². The minimum Gasteiger partial charge on any atom is -0.504 e. The molecule has 1 aliphatic rings. The summed E-state index contributed by atoms with van der Waals surface area (Å²) < 4.78 is 16.3. The lowest BCUT2D eigenvalue weighted by Crippen LogP contribution is -2.42. The lowest BCUT2D eigenvalue weighted by molar-refractivity contribution is -0.385. The van der Waals surface area contributed by atoms with E-state index in [9.17, 15) is 20.0 Å². The first kappa shape index (κ1) is 21.9. The monoisotopic (exact) mass is 429 g/mol. The maximum Gasteiger partial charge on any atom is 0.284 e. The van der Waals surface area contributed by atoms with Gasteiger partial charge in [-0.3, -0.25) is 14.9 Å². The fourth-order valence-corrected chi connectivity index (χ4v) is 2.88. The summed E-state index contributed by atoms with van der Waals surface area (Å²) >= 11 is 0. The zero-order chi connectivity index (χ0) is 22.8. The Hall–Kier alpha value is -3.82. The summed E-state index contributed by atoms with van der Waals surface area (Å²) in [5, 5.41) is 24.9. The van der Waals surface area contributed by atoms with E-state index in [-0.39, 0.29) is 34.8 Å². The highest BCUT2D eigenvalue weighted by Gasteiger charge is 2.28. The number of hydrogen-bond donors (Lipinski definition) is 2.